The van der Waals surface area contributed by atoms with Crippen molar-refractivity contribution in [2.75, 3.05) is 20.8 Å². The highest BCUT2D eigenvalue weighted by Gasteiger charge is 2.26. The van der Waals surface area contributed by atoms with Crippen molar-refractivity contribution in [1.82, 2.24) is 25.2 Å². The van der Waals surface area contributed by atoms with Crippen LogP contribution in [0.2, 0.25) is 0 Å². The van der Waals surface area contributed by atoms with Gasteiger partial charge in [0.1, 0.15) is 17.1 Å². The number of amides is 1. The second kappa shape index (κ2) is 8.32. The third-order valence-corrected chi connectivity index (χ3v) is 3.74. The molecule has 3 rings (SSSR count). The molecule has 0 saturated carbocycles. The number of nitrogens with one attached hydrogen (secondary N) is 1. The standard InChI is InChI=1S/C18H19N5O3/c1-25-11-10-23-17(18(24)22-26-2)15(13-6-4-3-5-7-13)16(21-23)14-12-19-8-9-20-14/h3-9,12H,10-11H2,1-2H3,(H,22,24). The number of benzene rings is 1. The highest BCUT2D eigenvalue weighted by molar-refractivity contribution is 6.02. The summed E-state index contributed by atoms with van der Waals surface area (Å²) in [4.78, 5) is 26.0. The number of carbonyl (C=O) groups is 1. The molecule has 0 radical (unpaired) electrons. The maximum absolute atomic E-state index is 12.7. The zero-order chi connectivity index (χ0) is 18.4. The molecule has 0 aliphatic rings. The van der Waals surface area contributed by atoms with Gasteiger partial charge in [-0.2, -0.15) is 5.10 Å². The summed E-state index contributed by atoms with van der Waals surface area (Å²) in [5.41, 5.74) is 5.41. The topological polar surface area (TPSA) is 91.2 Å². The minimum atomic E-state index is -0.398. The van der Waals surface area contributed by atoms with Gasteiger partial charge in [0.2, 0.25) is 0 Å². The van der Waals surface area contributed by atoms with E-state index in [2.05, 4.69) is 20.5 Å². The van der Waals surface area contributed by atoms with Crippen molar-refractivity contribution in [3.63, 3.8) is 0 Å². The van der Waals surface area contributed by atoms with Crippen LogP contribution in [0.5, 0.6) is 0 Å². The molecule has 0 fully saturated rings. The maximum atomic E-state index is 12.7. The molecule has 0 bridgehead atoms. The van der Waals surface area contributed by atoms with Crippen LogP contribution in [0.15, 0.2) is 48.9 Å². The molecule has 0 saturated heterocycles. The van der Waals surface area contributed by atoms with Crippen molar-refractivity contribution in [2.24, 2.45) is 0 Å². The normalized spacial score (nSPS) is 10.7. The quantitative estimate of drug-likeness (QED) is 0.653. The van der Waals surface area contributed by atoms with Gasteiger partial charge in [0.05, 0.1) is 26.5 Å². The van der Waals surface area contributed by atoms with Gasteiger partial charge in [-0.15, -0.1) is 0 Å². The van der Waals surface area contributed by atoms with Crippen molar-refractivity contribution in [3.05, 3.63) is 54.6 Å². The lowest BCUT2D eigenvalue weighted by molar-refractivity contribution is 0.0525. The highest BCUT2D eigenvalue weighted by atomic mass is 16.6. The molecule has 1 amide bonds. The number of aromatic nitrogens is 4. The van der Waals surface area contributed by atoms with Crippen LogP contribution in [-0.4, -0.2) is 46.5 Å². The summed E-state index contributed by atoms with van der Waals surface area (Å²) in [6.45, 7) is 0.812. The van der Waals surface area contributed by atoms with Crippen LogP contribution in [0.1, 0.15) is 10.5 Å². The molecule has 0 aliphatic carbocycles. The first-order valence-electron chi connectivity index (χ1n) is 8.01. The molecular weight excluding hydrogens is 334 g/mol. The van der Waals surface area contributed by atoms with Crippen molar-refractivity contribution >= 4 is 5.91 Å². The molecule has 0 aliphatic heterocycles. The maximum Gasteiger partial charge on any atom is 0.293 e. The fourth-order valence-corrected chi connectivity index (χ4v) is 2.65. The van der Waals surface area contributed by atoms with E-state index in [1.165, 1.54) is 7.11 Å². The number of hydroxylamine groups is 1. The lowest BCUT2D eigenvalue weighted by atomic mass is 10.0. The summed E-state index contributed by atoms with van der Waals surface area (Å²) >= 11 is 0. The molecule has 2 aromatic heterocycles. The van der Waals surface area contributed by atoms with Crippen LogP contribution in [0, 0.1) is 0 Å². The Morgan fingerprint density at radius 2 is 2.00 bits per heavy atom. The summed E-state index contributed by atoms with van der Waals surface area (Å²) in [6.07, 6.45) is 4.80. The molecule has 3 aromatic rings. The minimum Gasteiger partial charge on any atom is -0.383 e. The van der Waals surface area contributed by atoms with E-state index in [9.17, 15) is 4.79 Å². The largest absolute Gasteiger partial charge is 0.383 e. The van der Waals surface area contributed by atoms with E-state index in [4.69, 9.17) is 9.57 Å². The molecular formula is C18H19N5O3. The predicted octanol–water partition coefficient (Wildman–Crippen LogP) is 1.94. The van der Waals surface area contributed by atoms with Crippen molar-refractivity contribution in [3.8, 4) is 22.5 Å². The second-order valence-electron chi connectivity index (χ2n) is 5.38. The first-order valence-corrected chi connectivity index (χ1v) is 8.01. The van der Waals surface area contributed by atoms with E-state index >= 15 is 0 Å². The highest BCUT2D eigenvalue weighted by Crippen LogP contribution is 2.33. The fraction of sp³-hybridized carbons (Fsp3) is 0.222. The summed E-state index contributed by atoms with van der Waals surface area (Å²) in [7, 11) is 2.99. The number of hydrogen-bond donors (Lipinski definition) is 1. The number of nitrogens with zero attached hydrogens (tertiary/aromatic N) is 4. The van der Waals surface area contributed by atoms with Crippen LogP contribution in [-0.2, 0) is 16.1 Å². The Hall–Kier alpha value is -3.10. The average molecular weight is 353 g/mol. The molecule has 1 N–H and O–H groups in total. The average Bonchev–Trinajstić information content (AvgIpc) is 3.07. The molecule has 26 heavy (non-hydrogen) atoms. The molecule has 0 unspecified atom stereocenters. The first-order chi connectivity index (χ1) is 12.8. The van der Waals surface area contributed by atoms with Crippen LogP contribution in [0.25, 0.3) is 22.5 Å². The third-order valence-electron chi connectivity index (χ3n) is 3.74. The molecule has 134 valence electrons. The van der Waals surface area contributed by atoms with Gasteiger partial charge in [-0.1, -0.05) is 30.3 Å². The SMILES string of the molecule is COCCn1nc(-c2cnccn2)c(-c2ccccc2)c1C(=O)NOC. The fourth-order valence-electron chi connectivity index (χ4n) is 2.65. The third kappa shape index (κ3) is 3.61. The van der Waals surface area contributed by atoms with E-state index in [1.54, 1.807) is 30.4 Å². The smallest absolute Gasteiger partial charge is 0.293 e. The predicted molar refractivity (Wildman–Crippen MR) is 95.0 cm³/mol. The lowest BCUT2D eigenvalue weighted by Crippen LogP contribution is -2.26. The van der Waals surface area contributed by atoms with Crippen LogP contribution in [0.3, 0.4) is 0 Å². The van der Waals surface area contributed by atoms with Crippen molar-refractivity contribution < 1.29 is 14.4 Å². The molecule has 0 atom stereocenters. The van der Waals surface area contributed by atoms with Crippen LogP contribution in [0.4, 0.5) is 0 Å². The Bertz CT molecular complexity index is 865. The molecule has 8 nitrogen and oxygen atoms in total. The van der Waals surface area contributed by atoms with Crippen molar-refractivity contribution in [1.29, 1.82) is 0 Å². The molecule has 1 aromatic carbocycles. The molecule has 0 spiro atoms. The Kier molecular flexibility index (Phi) is 5.67. The van der Waals surface area contributed by atoms with Gasteiger partial charge in [-0.3, -0.25) is 24.3 Å². The molecule has 2 heterocycles. The van der Waals surface area contributed by atoms with Crippen LogP contribution < -0.4 is 5.48 Å². The van der Waals surface area contributed by atoms with Gasteiger partial charge in [0, 0.05) is 25.1 Å². The van der Waals surface area contributed by atoms with Gasteiger partial charge < -0.3 is 4.74 Å². The Balaban J connectivity index is 2.25. The van der Waals surface area contributed by atoms with Crippen molar-refractivity contribution in [2.45, 2.75) is 6.54 Å². The van der Waals surface area contributed by atoms with Crippen LogP contribution >= 0.6 is 0 Å². The van der Waals surface area contributed by atoms with Gasteiger partial charge in [-0.25, -0.2) is 5.48 Å². The zero-order valence-electron chi connectivity index (χ0n) is 14.5. The lowest BCUT2D eigenvalue weighted by Gasteiger charge is -2.09. The Labute approximate surface area is 150 Å². The van der Waals surface area contributed by atoms with Gasteiger partial charge >= 0.3 is 0 Å². The van der Waals surface area contributed by atoms with E-state index in [0.29, 0.717) is 35.8 Å². The summed E-state index contributed by atoms with van der Waals surface area (Å²) in [5, 5.41) is 4.62. The first kappa shape index (κ1) is 17.7. The van der Waals surface area contributed by atoms with E-state index in [-0.39, 0.29) is 0 Å². The molecule has 8 heteroatoms. The van der Waals surface area contributed by atoms with Gasteiger partial charge in [0.25, 0.3) is 5.91 Å². The number of ether oxygens (including phenoxy) is 1. The monoisotopic (exact) mass is 353 g/mol. The number of methoxy groups -OCH3 is 1. The summed E-state index contributed by atoms with van der Waals surface area (Å²) < 4.78 is 6.75. The van der Waals surface area contributed by atoms with Gasteiger partial charge in [0.15, 0.2) is 0 Å². The Morgan fingerprint density at radius 1 is 1.19 bits per heavy atom. The second-order valence-corrected chi connectivity index (χ2v) is 5.38. The Morgan fingerprint density at radius 3 is 2.65 bits per heavy atom. The van der Waals surface area contributed by atoms with E-state index < -0.39 is 5.91 Å². The zero-order valence-corrected chi connectivity index (χ0v) is 14.5. The van der Waals surface area contributed by atoms with Gasteiger partial charge in [-0.05, 0) is 5.56 Å². The summed E-state index contributed by atoms with van der Waals surface area (Å²) in [6, 6.07) is 9.55. The summed E-state index contributed by atoms with van der Waals surface area (Å²) in [5.74, 6) is -0.398. The number of hydrogen-bond acceptors (Lipinski definition) is 6. The minimum absolute atomic E-state index is 0.371. The van der Waals surface area contributed by atoms with E-state index in [1.807, 2.05) is 30.3 Å². The van der Waals surface area contributed by atoms with E-state index in [0.717, 1.165) is 5.56 Å². The number of carbonyl (C=O) groups excluding carboxylic acids is 1. The number of rotatable bonds is 7.